The average Bonchev–Trinajstić information content (AvgIpc) is 2.44. The third-order valence-electron chi connectivity index (χ3n) is 5.17. The van der Waals surface area contributed by atoms with Gasteiger partial charge in [-0.1, -0.05) is 50.3 Å². The molecular formula is C19H22OS. The summed E-state index contributed by atoms with van der Waals surface area (Å²) in [5, 5.41) is 0. The summed E-state index contributed by atoms with van der Waals surface area (Å²) in [5.74, 6) is 0.693. The number of carbonyl (C=O) groups excluding carboxylic acids is 1. The molecule has 1 fully saturated rings. The van der Waals surface area contributed by atoms with Gasteiger partial charge in [0.1, 0.15) is 0 Å². The predicted octanol–water partition coefficient (Wildman–Crippen LogP) is 5.20. The predicted molar refractivity (Wildman–Crippen MR) is 91.4 cm³/mol. The van der Waals surface area contributed by atoms with E-state index >= 15 is 0 Å². The monoisotopic (exact) mass is 298 g/mol. The van der Waals surface area contributed by atoms with Crippen LogP contribution in [0.15, 0.2) is 41.3 Å². The highest BCUT2D eigenvalue weighted by Gasteiger charge is 2.47. The summed E-state index contributed by atoms with van der Waals surface area (Å²) in [6.07, 6.45) is 6.23. The minimum absolute atomic E-state index is 0.0607. The number of hydrogen-bond acceptors (Lipinski definition) is 2. The molecule has 2 aliphatic carbocycles. The largest absolute Gasteiger partial charge is 0.294 e. The Morgan fingerprint density at radius 1 is 1.29 bits per heavy atom. The van der Waals surface area contributed by atoms with Crippen LogP contribution in [0.4, 0.5) is 0 Å². The molecule has 2 atom stereocenters. The van der Waals surface area contributed by atoms with E-state index in [-0.39, 0.29) is 11.3 Å². The van der Waals surface area contributed by atoms with Crippen molar-refractivity contribution in [3.8, 4) is 0 Å². The van der Waals surface area contributed by atoms with Crippen LogP contribution in [0.1, 0.15) is 42.6 Å². The fourth-order valence-corrected chi connectivity index (χ4v) is 5.01. The number of ketones is 1. The lowest BCUT2D eigenvalue weighted by molar-refractivity contribution is 0.0666. The van der Waals surface area contributed by atoms with Gasteiger partial charge in [-0.25, -0.2) is 0 Å². The highest BCUT2D eigenvalue weighted by atomic mass is 32.2. The van der Waals surface area contributed by atoms with Crippen LogP contribution in [0.3, 0.4) is 0 Å². The zero-order valence-corrected chi connectivity index (χ0v) is 13.8. The van der Waals surface area contributed by atoms with Crippen molar-refractivity contribution in [1.82, 2.24) is 0 Å². The van der Waals surface area contributed by atoms with Gasteiger partial charge in [0.25, 0.3) is 0 Å². The van der Waals surface area contributed by atoms with Gasteiger partial charge in [0.05, 0.1) is 0 Å². The number of benzene rings is 1. The van der Waals surface area contributed by atoms with Crippen molar-refractivity contribution in [2.75, 3.05) is 6.26 Å². The molecule has 0 heterocycles. The highest BCUT2D eigenvalue weighted by Crippen LogP contribution is 2.54. The van der Waals surface area contributed by atoms with Crippen LogP contribution in [0, 0.1) is 17.3 Å². The lowest BCUT2D eigenvalue weighted by Crippen LogP contribution is -2.43. The molecule has 110 valence electrons. The van der Waals surface area contributed by atoms with Gasteiger partial charge in [0.15, 0.2) is 5.78 Å². The van der Waals surface area contributed by atoms with Gasteiger partial charge in [0, 0.05) is 17.4 Å². The van der Waals surface area contributed by atoms with Gasteiger partial charge >= 0.3 is 0 Å². The Labute approximate surface area is 131 Å². The van der Waals surface area contributed by atoms with Crippen molar-refractivity contribution < 1.29 is 4.79 Å². The molecule has 2 aliphatic rings. The van der Waals surface area contributed by atoms with Crippen LogP contribution < -0.4 is 0 Å². The molecule has 0 aromatic heterocycles. The maximum atomic E-state index is 13.1. The Balaban J connectivity index is 2.28. The van der Waals surface area contributed by atoms with E-state index in [1.54, 1.807) is 11.8 Å². The fraction of sp³-hybridized carbons (Fsp3) is 0.421. The first-order valence-corrected chi connectivity index (χ1v) is 8.75. The van der Waals surface area contributed by atoms with Gasteiger partial charge in [-0.05, 0) is 41.1 Å². The molecule has 0 amide bonds. The Bertz CT molecular complexity index is 639. The molecule has 1 saturated carbocycles. The van der Waals surface area contributed by atoms with E-state index < -0.39 is 0 Å². The molecule has 21 heavy (non-hydrogen) atoms. The van der Waals surface area contributed by atoms with Gasteiger partial charge < -0.3 is 0 Å². The smallest absolute Gasteiger partial charge is 0.167 e. The quantitative estimate of drug-likeness (QED) is 0.663. The number of hydrogen-bond donors (Lipinski definition) is 0. The third kappa shape index (κ3) is 2.20. The number of allylic oxidation sites excluding steroid dienone is 2. The number of rotatable bonds is 1. The first-order valence-electron chi connectivity index (χ1n) is 7.53. The van der Waals surface area contributed by atoms with Crippen LogP contribution >= 0.6 is 11.8 Å². The van der Waals surface area contributed by atoms with Crippen LogP contribution in [-0.4, -0.2) is 12.0 Å². The van der Waals surface area contributed by atoms with Crippen LogP contribution in [0.25, 0.3) is 6.08 Å². The molecule has 1 aromatic carbocycles. The number of Topliss-reactive ketones (excluding diaryl/α,β-unsaturated/α-hetero) is 1. The van der Waals surface area contributed by atoms with E-state index in [4.69, 9.17) is 0 Å². The van der Waals surface area contributed by atoms with E-state index in [9.17, 15) is 4.79 Å². The molecule has 2 unspecified atom stereocenters. The topological polar surface area (TPSA) is 17.1 Å². The van der Waals surface area contributed by atoms with E-state index in [1.165, 1.54) is 10.5 Å². The second-order valence-electron chi connectivity index (χ2n) is 6.71. The molecular weight excluding hydrogens is 276 g/mol. The molecule has 0 N–H and O–H groups in total. The van der Waals surface area contributed by atoms with Crippen molar-refractivity contribution >= 4 is 23.6 Å². The number of carbonyl (C=O) groups is 1. The molecule has 0 spiro atoms. The molecule has 0 saturated heterocycles. The summed E-state index contributed by atoms with van der Waals surface area (Å²) in [4.78, 5) is 14.4. The van der Waals surface area contributed by atoms with E-state index in [1.807, 2.05) is 18.2 Å². The van der Waals surface area contributed by atoms with Gasteiger partial charge in [-0.15, -0.1) is 11.8 Å². The summed E-state index contributed by atoms with van der Waals surface area (Å²) in [6, 6.07) is 8.02. The fourth-order valence-electron chi connectivity index (χ4n) is 4.06. The maximum Gasteiger partial charge on any atom is 0.167 e. The second-order valence-corrected chi connectivity index (χ2v) is 7.59. The van der Waals surface area contributed by atoms with Gasteiger partial charge in [-0.3, -0.25) is 4.79 Å². The molecule has 2 heteroatoms. The standard InChI is InChI=1S/C19H22OS/c1-12-9-10-15-18(20)14-8-6-5-7-13(14)11-16(21-4)17(12)19(15,2)3/h5-8,11,15,17H,1,9-10H2,2-4H3/b16-11+. The van der Waals surface area contributed by atoms with Crippen molar-refractivity contribution in [2.45, 2.75) is 26.7 Å². The van der Waals surface area contributed by atoms with Crippen molar-refractivity contribution in [1.29, 1.82) is 0 Å². The van der Waals surface area contributed by atoms with Gasteiger partial charge in [-0.2, -0.15) is 0 Å². The average molecular weight is 298 g/mol. The SMILES string of the molecule is C=C1CCC2C(=O)c3ccccc3/C=C(/SC)C1C2(C)C. The Kier molecular flexibility index (Phi) is 3.61. The van der Waals surface area contributed by atoms with Crippen LogP contribution in [0.2, 0.25) is 0 Å². The highest BCUT2D eigenvalue weighted by molar-refractivity contribution is 8.02. The lowest BCUT2D eigenvalue weighted by atomic mass is 9.57. The third-order valence-corrected chi connectivity index (χ3v) is 5.99. The molecule has 3 rings (SSSR count). The summed E-state index contributed by atoms with van der Waals surface area (Å²) in [7, 11) is 0. The molecule has 1 aromatic rings. The zero-order chi connectivity index (χ0) is 15.2. The minimum Gasteiger partial charge on any atom is -0.294 e. The summed E-state index contributed by atoms with van der Waals surface area (Å²) in [5.41, 5.74) is 3.17. The summed E-state index contributed by atoms with van der Waals surface area (Å²) in [6.45, 7) is 8.79. The molecule has 2 bridgehead atoms. The first-order chi connectivity index (χ1) is 9.96. The van der Waals surface area contributed by atoms with Crippen LogP contribution in [-0.2, 0) is 0 Å². The molecule has 0 aliphatic heterocycles. The summed E-state index contributed by atoms with van der Waals surface area (Å²) >= 11 is 1.80. The maximum absolute atomic E-state index is 13.1. The minimum atomic E-state index is -0.0607. The van der Waals surface area contributed by atoms with Crippen LogP contribution in [0.5, 0.6) is 0 Å². The zero-order valence-electron chi connectivity index (χ0n) is 13.0. The van der Waals surface area contributed by atoms with E-state index in [0.717, 1.165) is 24.0 Å². The number of thioether (sulfide) groups is 1. The summed E-state index contributed by atoms with van der Waals surface area (Å²) < 4.78 is 0. The van der Waals surface area contributed by atoms with E-state index in [0.29, 0.717) is 11.7 Å². The normalized spacial score (nSPS) is 30.0. The van der Waals surface area contributed by atoms with Gasteiger partial charge in [0.2, 0.25) is 0 Å². The molecule has 1 nitrogen and oxygen atoms in total. The van der Waals surface area contributed by atoms with Crippen molar-refractivity contribution in [2.24, 2.45) is 17.3 Å². The lowest BCUT2D eigenvalue weighted by Gasteiger charge is -2.47. The second kappa shape index (κ2) is 5.17. The Hall–Kier alpha value is -1.28. The Morgan fingerprint density at radius 2 is 2.00 bits per heavy atom. The Morgan fingerprint density at radius 3 is 2.71 bits per heavy atom. The molecule has 0 radical (unpaired) electrons. The first kappa shape index (κ1) is 14.6. The van der Waals surface area contributed by atoms with Crippen molar-refractivity contribution in [3.63, 3.8) is 0 Å². The van der Waals surface area contributed by atoms with Crippen molar-refractivity contribution in [3.05, 3.63) is 52.4 Å². The number of fused-ring (bicyclic) bond motifs is 3. The van der Waals surface area contributed by atoms with E-state index in [2.05, 4.69) is 38.8 Å².